The summed E-state index contributed by atoms with van der Waals surface area (Å²) in [5.41, 5.74) is 0.844. The van der Waals surface area contributed by atoms with Gasteiger partial charge in [-0.2, -0.15) is 0 Å². The van der Waals surface area contributed by atoms with Crippen molar-refractivity contribution < 1.29 is 9.53 Å². The van der Waals surface area contributed by atoms with E-state index in [9.17, 15) is 4.79 Å². The molecule has 0 saturated heterocycles. The Balaban J connectivity index is 1.91. The lowest BCUT2D eigenvalue weighted by Gasteiger charge is -2.21. The molecule has 0 unspecified atom stereocenters. The molecular weight excluding hydrogens is 260 g/mol. The van der Waals surface area contributed by atoms with E-state index < -0.39 is 0 Å². The summed E-state index contributed by atoms with van der Waals surface area (Å²) in [6, 6.07) is 11.8. The zero-order valence-corrected chi connectivity index (χ0v) is 12.6. The molecule has 0 bridgehead atoms. The highest BCUT2D eigenvalue weighted by atomic mass is 16.5. The van der Waals surface area contributed by atoms with Crippen LogP contribution >= 0.6 is 0 Å². The molecule has 0 aromatic heterocycles. The van der Waals surface area contributed by atoms with Crippen molar-refractivity contribution in [3.8, 4) is 5.75 Å². The van der Waals surface area contributed by atoms with Gasteiger partial charge in [-0.05, 0) is 23.4 Å². The predicted molar refractivity (Wildman–Crippen MR) is 86.0 cm³/mol. The van der Waals surface area contributed by atoms with Gasteiger partial charge in [0.05, 0.1) is 7.11 Å². The summed E-state index contributed by atoms with van der Waals surface area (Å²) in [7, 11) is 1.67. The average molecular weight is 282 g/mol. The lowest BCUT2D eigenvalue weighted by Crippen LogP contribution is -2.12. The molecule has 0 atom stereocenters. The Morgan fingerprint density at radius 1 is 1.05 bits per heavy atom. The molecule has 2 heteroatoms. The molecule has 3 rings (SSSR count). The Bertz CT molecular complexity index is 639. The van der Waals surface area contributed by atoms with Gasteiger partial charge >= 0.3 is 0 Å². The van der Waals surface area contributed by atoms with Gasteiger partial charge in [-0.15, -0.1) is 0 Å². The number of methoxy groups -OCH3 is 1. The van der Waals surface area contributed by atoms with Crippen molar-refractivity contribution in [3.05, 3.63) is 42.0 Å². The monoisotopic (exact) mass is 282 g/mol. The second-order valence-electron chi connectivity index (χ2n) is 5.99. The number of carbonyl (C=O) groups excluding carboxylic acids is 1. The molecule has 1 aliphatic rings. The molecule has 110 valence electrons. The van der Waals surface area contributed by atoms with Gasteiger partial charge in [-0.3, -0.25) is 4.79 Å². The number of rotatable bonds is 4. The normalized spacial score (nSPS) is 16.0. The van der Waals surface area contributed by atoms with Gasteiger partial charge in [-0.1, -0.05) is 56.4 Å². The summed E-state index contributed by atoms with van der Waals surface area (Å²) in [5.74, 6) is 1.69. The van der Waals surface area contributed by atoms with Crippen molar-refractivity contribution in [1.82, 2.24) is 0 Å². The molecule has 0 amide bonds. The van der Waals surface area contributed by atoms with Crippen molar-refractivity contribution in [2.75, 3.05) is 7.11 Å². The molecule has 0 heterocycles. The maximum atomic E-state index is 12.7. The summed E-state index contributed by atoms with van der Waals surface area (Å²) >= 11 is 0. The van der Waals surface area contributed by atoms with E-state index in [0.29, 0.717) is 12.3 Å². The molecule has 0 spiro atoms. The summed E-state index contributed by atoms with van der Waals surface area (Å²) in [4.78, 5) is 12.7. The standard InChI is InChI=1S/C19H22O2/c1-21-19-12-11-16(15-9-5-6-10-17(15)19)18(20)13-14-7-3-2-4-8-14/h5-6,9-12,14H,2-4,7-8,13H2,1H3. The number of benzene rings is 2. The number of Topliss-reactive ketones (excluding diaryl/α,β-unsaturated/α-hetero) is 1. The van der Waals surface area contributed by atoms with Gasteiger partial charge in [-0.25, -0.2) is 0 Å². The largest absolute Gasteiger partial charge is 0.496 e. The van der Waals surface area contributed by atoms with E-state index in [-0.39, 0.29) is 5.78 Å². The van der Waals surface area contributed by atoms with Crippen LogP contribution in [0.3, 0.4) is 0 Å². The third kappa shape index (κ3) is 2.94. The van der Waals surface area contributed by atoms with E-state index in [0.717, 1.165) is 22.1 Å². The van der Waals surface area contributed by atoms with Gasteiger partial charge in [0.2, 0.25) is 0 Å². The van der Waals surface area contributed by atoms with Gasteiger partial charge in [0.25, 0.3) is 0 Å². The highest BCUT2D eigenvalue weighted by molar-refractivity contribution is 6.09. The molecule has 2 aromatic carbocycles. The molecule has 21 heavy (non-hydrogen) atoms. The smallest absolute Gasteiger partial charge is 0.163 e. The number of fused-ring (bicyclic) bond motifs is 1. The van der Waals surface area contributed by atoms with Crippen LogP contribution in [0.2, 0.25) is 0 Å². The number of hydrogen-bond acceptors (Lipinski definition) is 2. The third-order valence-corrected chi connectivity index (χ3v) is 4.60. The first-order chi connectivity index (χ1) is 10.3. The van der Waals surface area contributed by atoms with Crippen molar-refractivity contribution in [1.29, 1.82) is 0 Å². The topological polar surface area (TPSA) is 26.3 Å². The van der Waals surface area contributed by atoms with Crippen LogP contribution in [-0.2, 0) is 0 Å². The van der Waals surface area contributed by atoms with Crippen molar-refractivity contribution >= 4 is 16.6 Å². The number of ketones is 1. The Morgan fingerprint density at radius 3 is 2.48 bits per heavy atom. The maximum Gasteiger partial charge on any atom is 0.163 e. The second-order valence-corrected chi connectivity index (χ2v) is 5.99. The molecule has 0 aliphatic heterocycles. The molecule has 2 aromatic rings. The first kappa shape index (κ1) is 14.1. The zero-order valence-electron chi connectivity index (χ0n) is 12.6. The van der Waals surface area contributed by atoms with E-state index in [1.54, 1.807) is 7.11 Å². The SMILES string of the molecule is COc1ccc(C(=O)CC2CCCCC2)c2ccccc12. The number of hydrogen-bond donors (Lipinski definition) is 0. The Labute approximate surface area is 126 Å². The van der Waals surface area contributed by atoms with Crippen LogP contribution < -0.4 is 4.74 Å². The number of ether oxygens (including phenoxy) is 1. The molecule has 1 fully saturated rings. The van der Waals surface area contributed by atoms with Crippen LogP contribution in [0.1, 0.15) is 48.9 Å². The Hall–Kier alpha value is -1.83. The lowest BCUT2D eigenvalue weighted by atomic mass is 9.84. The van der Waals surface area contributed by atoms with Crippen molar-refractivity contribution in [3.63, 3.8) is 0 Å². The molecule has 0 radical (unpaired) electrons. The fourth-order valence-corrected chi connectivity index (χ4v) is 3.46. The summed E-state index contributed by atoms with van der Waals surface area (Å²) in [5, 5.41) is 2.03. The zero-order chi connectivity index (χ0) is 14.7. The molecule has 2 nitrogen and oxygen atoms in total. The Kier molecular flexibility index (Phi) is 4.23. The fourth-order valence-electron chi connectivity index (χ4n) is 3.46. The third-order valence-electron chi connectivity index (χ3n) is 4.60. The minimum absolute atomic E-state index is 0.278. The van der Waals surface area contributed by atoms with Gasteiger partial charge in [0, 0.05) is 17.4 Å². The Morgan fingerprint density at radius 2 is 1.76 bits per heavy atom. The van der Waals surface area contributed by atoms with E-state index in [1.165, 1.54) is 32.1 Å². The first-order valence-corrected chi connectivity index (χ1v) is 7.88. The first-order valence-electron chi connectivity index (χ1n) is 7.88. The fraction of sp³-hybridized carbons (Fsp3) is 0.421. The highest BCUT2D eigenvalue weighted by Gasteiger charge is 2.19. The summed E-state index contributed by atoms with van der Waals surface area (Å²) in [6.45, 7) is 0. The van der Waals surface area contributed by atoms with E-state index in [4.69, 9.17) is 4.74 Å². The van der Waals surface area contributed by atoms with Crippen LogP contribution in [0.5, 0.6) is 5.75 Å². The van der Waals surface area contributed by atoms with Gasteiger partial charge in [0.15, 0.2) is 5.78 Å². The number of carbonyl (C=O) groups is 1. The molecule has 1 aliphatic carbocycles. The quantitative estimate of drug-likeness (QED) is 0.737. The van der Waals surface area contributed by atoms with Crippen LogP contribution in [0.15, 0.2) is 36.4 Å². The average Bonchev–Trinajstić information content (AvgIpc) is 2.54. The van der Waals surface area contributed by atoms with Crippen molar-refractivity contribution in [2.45, 2.75) is 38.5 Å². The van der Waals surface area contributed by atoms with Crippen LogP contribution in [0.4, 0.5) is 0 Å². The van der Waals surface area contributed by atoms with Gasteiger partial charge < -0.3 is 4.74 Å². The molecule has 1 saturated carbocycles. The molecule has 0 N–H and O–H groups in total. The molecular formula is C19H22O2. The van der Waals surface area contributed by atoms with E-state index in [2.05, 4.69) is 0 Å². The predicted octanol–water partition coefficient (Wildman–Crippen LogP) is 5.00. The minimum atomic E-state index is 0.278. The van der Waals surface area contributed by atoms with Crippen LogP contribution in [0.25, 0.3) is 10.8 Å². The van der Waals surface area contributed by atoms with Crippen molar-refractivity contribution in [2.24, 2.45) is 5.92 Å². The second kappa shape index (κ2) is 6.30. The maximum absolute atomic E-state index is 12.7. The van der Waals surface area contributed by atoms with Crippen LogP contribution in [0, 0.1) is 5.92 Å². The van der Waals surface area contributed by atoms with E-state index >= 15 is 0 Å². The summed E-state index contributed by atoms with van der Waals surface area (Å²) in [6.07, 6.45) is 6.99. The van der Waals surface area contributed by atoms with E-state index in [1.807, 2.05) is 36.4 Å². The van der Waals surface area contributed by atoms with Gasteiger partial charge in [0.1, 0.15) is 5.75 Å². The summed E-state index contributed by atoms with van der Waals surface area (Å²) < 4.78 is 5.40. The minimum Gasteiger partial charge on any atom is -0.496 e. The lowest BCUT2D eigenvalue weighted by molar-refractivity contribution is 0.0952. The van der Waals surface area contributed by atoms with Crippen LogP contribution in [-0.4, -0.2) is 12.9 Å². The highest BCUT2D eigenvalue weighted by Crippen LogP contribution is 2.32.